The van der Waals surface area contributed by atoms with Crippen molar-refractivity contribution in [2.45, 2.75) is 32.2 Å². The summed E-state index contributed by atoms with van der Waals surface area (Å²) in [7, 11) is 0. The maximum Gasteiger partial charge on any atom is 0.0950 e. The third-order valence-electron chi connectivity index (χ3n) is 4.06. The minimum Gasteiger partial charge on any atom is -0.384 e. The van der Waals surface area contributed by atoms with E-state index in [0.717, 1.165) is 13.1 Å². The lowest BCUT2D eigenvalue weighted by Crippen LogP contribution is -2.13. The monoisotopic (exact) mass is 301 g/mol. The highest BCUT2D eigenvalue weighted by atomic mass is 32.2. The molecule has 21 heavy (non-hydrogen) atoms. The second-order valence-electron chi connectivity index (χ2n) is 5.54. The number of thioether (sulfide) groups is 1. The van der Waals surface area contributed by atoms with E-state index in [4.69, 9.17) is 0 Å². The number of fused-ring (bicyclic) bond motifs is 1. The predicted molar refractivity (Wildman–Crippen MR) is 92.1 cm³/mol. The summed E-state index contributed by atoms with van der Waals surface area (Å²) in [6.45, 7) is 2.13. The normalized spacial score (nSPS) is 13.8. The number of unbranched alkanes of at least 4 members (excludes halogenated alkanes) is 1. The standard InChI is InChI=1S/C17H23N3S/c1-21-11-3-2-10-20-13-18-12-16(20)15-8-4-6-14-7-5-9-19-17(14)15/h4,6,8,12-13,19H,2-3,5,7,9-11H2,1H3. The highest BCUT2D eigenvalue weighted by molar-refractivity contribution is 7.98. The number of anilines is 1. The summed E-state index contributed by atoms with van der Waals surface area (Å²) in [5, 5.41) is 3.58. The third kappa shape index (κ3) is 3.26. The zero-order valence-corrected chi connectivity index (χ0v) is 13.5. The van der Waals surface area contributed by atoms with Crippen LogP contribution in [0.5, 0.6) is 0 Å². The van der Waals surface area contributed by atoms with Crippen molar-refractivity contribution >= 4 is 17.4 Å². The highest BCUT2D eigenvalue weighted by Crippen LogP contribution is 2.33. The number of benzene rings is 1. The van der Waals surface area contributed by atoms with Gasteiger partial charge in [-0.15, -0.1) is 0 Å². The Morgan fingerprint density at radius 1 is 1.33 bits per heavy atom. The van der Waals surface area contributed by atoms with Crippen LogP contribution in [0.1, 0.15) is 24.8 Å². The van der Waals surface area contributed by atoms with Gasteiger partial charge in [-0.25, -0.2) is 4.98 Å². The molecular weight excluding hydrogens is 278 g/mol. The van der Waals surface area contributed by atoms with Gasteiger partial charge < -0.3 is 9.88 Å². The smallest absolute Gasteiger partial charge is 0.0950 e. The Morgan fingerprint density at radius 2 is 2.29 bits per heavy atom. The first-order valence-corrected chi connectivity index (χ1v) is 9.15. The number of hydrogen-bond acceptors (Lipinski definition) is 3. The molecule has 1 aromatic heterocycles. The van der Waals surface area contributed by atoms with Crippen LogP contribution in [0.2, 0.25) is 0 Å². The number of para-hydroxylation sites is 1. The third-order valence-corrected chi connectivity index (χ3v) is 4.76. The van der Waals surface area contributed by atoms with Gasteiger partial charge in [0.05, 0.1) is 18.2 Å². The summed E-state index contributed by atoms with van der Waals surface area (Å²) >= 11 is 1.92. The average Bonchev–Trinajstić information content (AvgIpc) is 2.99. The summed E-state index contributed by atoms with van der Waals surface area (Å²) in [6.07, 6.45) is 11.0. The van der Waals surface area contributed by atoms with Gasteiger partial charge >= 0.3 is 0 Å². The van der Waals surface area contributed by atoms with E-state index in [-0.39, 0.29) is 0 Å². The van der Waals surface area contributed by atoms with Crippen molar-refractivity contribution in [3.63, 3.8) is 0 Å². The molecule has 0 atom stereocenters. The Labute approximate surface area is 131 Å². The highest BCUT2D eigenvalue weighted by Gasteiger charge is 2.15. The van der Waals surface area contributed by atoms with E-state index in [1.54, 1.807) is 0 Å². The lowest BCUT2D eigenvalue weighted by Gasteiger charge is -2.21. The second-order valence-corrected chi connectivity index (χ2v) is 6.53. The number of aryl methyl sites for hydroxylation is 2. The van der Waals surface area contributed by atoms with E-state index in [1.807, 2.05) is 24.3 Å². The van der Waals surface area contributed by atoms with Crippen molar-refractivity contribution in [3.8, 4) is 11.3 Å². The van der Waals surface area contributed by atoms with Gasteiger partial charge in [0.2, 0.25) is 0 Å². The summed E-state index contributed by atoms with van der Waals surface area (Å²) < 4.78 is 2.30. The molecule has 0 bridgehead atoms. The first kappa shape index (κ1) is 14.5. The minimum atomic E-state index is 1.06. The summed E-state index contributed by atoms with van der Waals surface area (Å²) in [4.78, 5) is 4.38. The van der Waals surface area contributed by atoms with Gasteiger partial charge in [0.15, 0.2) is 0 Å². The molecule has 1 aromatic carbocycles. The van der Waals surface area contributed by atoms with Crippen molar-refractivity contribution in [1.82, 2.24) is 9.55 Å². The zero-order valence-electron chi connectivity index (χ0n) is 12.6. The molecule has 0 aliphatic carbocycles. The number of hydrogen-bond donors (Lipinski definition) is 1. The van der Waals surface area contributed by atoms with Gasteiger partial charge in [0.1, 0.15) is 0 Å². The van der Waals surface area contributed by atoms with E-state index in [0.29, 0.717) is 0 Å². The molecule has 0 amide bonds. The zero-order chi connectivity index (χ0) is 14.5. The molecule has 2 aromatic rings. The summed E-state index contributed by atoms with van der Waals surface area (Å²) in [5.74, 6) is 1.24. The van der Waals surface area contributed by atoms with Crippen molar-refractivity contribution in [2.24, 2.45) is 0 Å². The van der Waals surface area contributed by atoms with E-state index >= 15 is 0 Å². The molecule has 2 heterocycles. The molecule has 3 rings (SSSR count). The fourth-order valence-electron chi connectivity index (χ4n) is 2.97. The quantitative estimate of drug-likeness (QED) is 0.816. The van der Waals surface area contributed by atoms with Gasteiger partial charge in [-0.3, -0.25) is 0 Å². The molecule has 112 valence electrons. The molecule has 4 heteroatoms. The van der Waals surface area contributed by atoms with Crippen LogP contribution in [0.15, 0.2) is 30.7 Å². The van der Waals surface area contributed by atoms with Gasteiger partial charge in [-0.05, 0) is 43.3 Å². The molecule has 0 spiro atoms. The van der Waals surface area contributed by atoms with Crippen molar-refractivity contribution in [2.75, 3.05) is 23.9 Å². The number of rotatable bonds is 6. The largest absolute Gasteiger partial charge is 0.384 e. The van der Waals surface area contributed by atoms with Gasteiger partial charge in [0.25, 0.3) is 0 Å². The van der Waals surface area contributed by atoms with Crippen LogP contribution in [-0.2, 0) is 13.0 Å². The van der Waals surface area contributed by atoms with Gasteiger partial charge in [-0.2, -0.15) is 11.8 Å². The van der Waals surface area contributed by atoms with E-state index < -0.39 is 0 Å². The summed E-state index contributed by atoms with van der Waals surface area (Å²) in [6, 6.07) is 6.63. The van der Waals surface area contributed by atoms with Crippen LogP contribution in [0, 0.1) is 0 Å². The van der Waals surface area contributed by atoms with Crippen molar-refractivity contribution in [1.29, 1.82) is 0 Å². The Kier molecular flexibility index (Phi) is 4.86. The van der Waals surface area contributed by atoms with Crippen LogP contribution in [-0.4, -0.2) is 28.1 Å². The van der Waals surface area contributed by atoms with Gasteiger partial charge in [-0.1, -0.05) is 18.2 Å². The molecular formula is C17H23N3S. The molecule has 1 aliphatic heterocycles. The maximum absolute atomic E-state index is 4.38. The molecule has 1 aliphatic rings. The lowest BCUT2D eigenvalue weighted by atomic mass is 9.98. The van der Waals surface area contributed by atoms with E-state index in [1.165, 1.54) is 53.9 Å². The number of nitrogens with zero attached hydrogens (tertiary/aromatic N) is 2. The lowest BCUT2D eigenvalue weighted by molar-refractivity contribution is 0.639. The molecule has 1 N–H and O–H groups in total. The molecule has 0 saturated carbocycles. The van der Waals surface area contributed by atoms with Gasteiger partial charge in [0, 0.05) is 24.3 Å². The van der Waals surface area contributed by atoms with Crippen LogP contribution in [0.3, 0.4) is 0 Å². The van der Waals surface area contributed by atoms with Crippen LogP contribution in [0.25, 0.3) is 11.3 Å². The Hall–Kier alpha value is -1.42. The predicted octanol–water partition coefficient (Wildman–Crippen LogP) is 4.05. The fourth-order valence-corrected chi connectivity index (χ4v) is 3.47. The molecule has 0 saturated heterocycles. The van der Waals surface area contributed by atoms with E-state index in [9.17, 15) is 0 Å². The van der Waals surface area contributed by atoms with Crippen molar-refractivity contribution < 1.29 is 0 Å². The van der Waals surface area contributed by atoms with Crippen LogP contribution >= 0.6 is 11.8 Å². The maximum atomic E-state index is 4.38. The average molecular weight is 301 g/mol. The molecule has 3 nitrogen and oxygen atoms in total. The van der Waals surface area contributed by atoms with E-state index in [2.05, 4.69) is 39.3 Å². The minimum absolute atomic E-state index is 1.06. The number of aromatic nitrogens is 2. The first-order chi connectivity index (χ1) is 10.4. The summed E-state index contributed by atoms with van der Waals surface area (Å²) in [5.41, 5.74) is 5.29. The fraction of sp³-hybridized carbons (Fsp3) is 0.471. The number of nitrogens with one attached hydrogen (secondary N) is 1. The second kappa shape index (κ2) is 7.03. The van der Waals surface area contributed by atoms with Crippen LogP contribution in [0.4, 0.5) is 5.69 Å². The Morgan fingerprint density at radius 3 is 3.19 bits per heavy atom. The van der Waals surface area contributed by atoms with Crippen LogP contribution < -0.4 is 5.32 Å². The molecule has 0 unspecified atom stereocenters. The van der Waals surface area contributed by atoms with Crippen molar-refractivity contribution in [3.05, 3.63) is 36.3 Å². The Bertz CT molecular complexity index is 591. The Balaban J connectivity index is 1.83. The number of imidazole rings is 1. The molecule has 0 fully saturated rings. The first-order valence-electron chi connectivity index (χ1n) is 7.75. The molecule has 0 radical (unpaired) electrons. The SMILES string of the molecule is CSCCCCn1cncc1-c1cccc2c1NCCC2. The topological polar surface area (TPSA) is 29.9 Å².